The van der Waals surface area contributed by atoms with Crippen molar-refractivity contribution in [2.45, 2.75) is 82.5 Å². The molecule has 2 fully saturated rings. The molecule has 5 rings (SSSR count). The van der Waals surface area contributed by atoms with Crippen LogP contribution in [0.25, 0.3) is 11.0 Å². The lowest BCUT2D eigenvalue weighted by Crippen LogP contribution is -2.45. The molecule has 0 radical (unpaired) electrons. The first kappa shape index (κ1) is 28.9. The van der Waals surface area contributed by atoms with Crippen molar-refractivity contribution in [1.29, 1.82) is 0 Å². The number of rotatable bonds is 3. The molecule has 1 aromatic heterocycles. The molecule has 7 atom stereocenters. The standard InChI is InChI=1S/C29H36F2N4O6/c1-3-18-22(15-36)35-14-24(18)40-28-27(33-20-11-10-17(39-2)12-21(20)34-28)26(31)19(30)8-4-6-16-7-5-9-23(16)41-29(38)32-13-25(35)37/h10-12,15-16,18-19,22-24,26H,3-9,13-14H2,1-2H3,(H,32,38)/t16-,18?,19?,22-,23-,24+,26?/m1/s1. The van der Waals surface area contributed by atoms with Gasteiger partial charge < -0.3 is 29.2 Å². The van der Waals surface area contributed by atoms with Gasteiger partial charge in [-0.15, -0.1) is 0 Å². The summed E-state index contributed by atoms with van der Waals surface area (Å²) in [4.78, 5) is 48.1. The summed E-state index contributed by atoms with van der Waals surface area (Å²) in [6, 6.07) is 4.07. The van der Waals surface area contributed by atoms with Gasteiger partial charge in [-0.3, -0.25) is 4.79 Å². The minimum Gasteiger partial charge on any atom is -0.497 e. The zero-order valence-electron chi connectivity index (χ0n) is 23.3. The fraction of sp³-hybridized carbons (Fsp3) is 0.621. The van der Waals surface area contributed by atoms with E-state index in [1.165, 1.54) is 12.0 Å². The van der Waals surface area contributed by atoms with Gasteiger partial charge in [-0.25, -0.2) is 23.5 Å². The zero-order chi connectivity index (χ0) is 29.1. The fourth-order valence-electron chi connectivity index (χ4n) is 6.35. The smallest absolute Gasteiger partial charge is 0.407 e. The fourth-order valence-corrected chi connectivity index (χ4v) is 6.35. The van der Waals surface area contributed by atoms with E-state index in [2.05, 4.69) is 15.3 Å². The summed E-state index contributed by atoms with van der Waals surface area (Å²) in [5.74, 6) is -0.566. The predicted octanol–water partition coefficient (Wildman–Crippen LogP) is 4.25. The Hall–Kier alpha value is -3.57. The molecule has 2 amide bonds. The minimum absolute atomic E-state index is 0.00452. The summed E-state index contributed by atoms with van der Waals surface area (Å²) in [6.45, 7) is 1.50. The maximum absolute atomic E-state index is 15.8. The molecule has 1 aliphatic carbocycles. The quantitative estimate of drug-likeness (QED) is 0.541. The summed E-state index contributed by atoms with van der Waals surface area (Å²) in [6.07, 6.45) is -1.36. The van der Waals surface area contributed by atoms with E-state index in [0.717, 1.165) is 12.8 Å². The van der Waals surface area contributed by atoms with E-state index in [-0.39, 0.29) is 43.1 Å². The largest absolute Gasteiger partial charge is 0.497 e. The van der Waals surface area contributed by atoms with Crippen LogP contribution in [-0.2, 0) is 14.3 Å². The highest BCUT2D eigenvalue weighted by Crippen LogP contribution is 2.38. The second-order valence-electron chi connectivity index (χ2n) is 11.0. The Bertz CT molecular complexity index is 1280. The van der Waals surface area contributed by atoms with Crippen LogP contribution < -0.4 is 14.8 Å². The average molecular weight is 575 g/mol. The Kier molecular flexibility index (Phi) is 8.84. The van der Waals surface area contributed by atoms with E-state index < -0.39 is 42.4 Å². The molecule has 1 N–H and O–H groups in total. The van der Waals surface area contributed by atoms with Gasteiger partial charge in [0, 0.05) is 12.0 Å². The number of ether oxygens (including phenoxy) is 3. The molecular weight excluding hydrogens is 538 g/mol. The molecule has 1 aromatic carbocycles. The lowest BCUT2D eigenvalue weighted by Gasteiger charge is -2.23. The molecule has 2 bridgehead atoms. The van der Waals surface area contributed by atoms with Crippen molar-refractivity contribution in [3.63, 3.8) is 0 Å². The monoisotopic (exact) mass is 574 g/mol. The number of alkyl carbamates (subject to hydrolysis) is 1. The van der Waals surface area contributed by atoms with E-state index in [1.54, 1.807) is 18.2 Å². The molecule has 3 heterocycles. The van der Waals surface area contributed by atoms with Crippen molar-refractivity contribution < 1.29 is 37.4 Å². The number of methoxy groups -OCH3 is 1. The Labute approximate surface area is 237 Å². The van der Waals surface area contributed by atoms with Gasteiger partial charge in [-0.2, -0.15) is 0 Å². The van der Waals surface area contributed by atoms with Crippen LogP contribution in [0.5, 0.6) is 11.6 Å². The summed E-state index contributed by atoms with van der Waals surface area (Å²) in [5, 5.41) is 2.52. The number of fused-ring (bicyclic) bond motifs is 5. The van der Waals surface area contributed by atoms with Crippen molar-refractivity contribution in [1.82, 2.24) is 20.2 Å². The third kappa shape index (κ3) is 6.06. The molecule has 1 saturated carbocycles. The van der Waals surface area contributed by atoms with Crippen molar-refractivity contribution in [2.75, 3.05) is 20.2 Å². The molecule has 222 valence electrons. The van der Waals surface area contributed by atoms with Crippen molar-refractivity contribution in [3.8, 4) is 11.6 Å². The Morgan fingerprint density at radius 3 is 2.59 bits per heavy atom. The Morgan fingerprint density at radius 2 is 1.85 bits per heavy atom. The molecule has 2 aliphatic heterocycles. The van der Waals surface area contributed by atoms with Gasteiger partial charge >= 0.3 is 6.09 Å². The zero-order valence-corrected chi connectivity index (χ0v) is 23.3. The topological polar surface area (TPSA) is 120 Å². The number of hydrogen-bond acceptors (Lipinski definition) is 8. The summed E-state index contributed by atoms with van der Waals surface area (Å²) in [7, 11) is 1.50. The molecule has 41 heavy (non-hydrogen) atoms. The number of carbonyl (C=O) groups is 3. The van der Waals surface area contributed by atoms with E-state index in [9.17, 15) is 14.4 Å². The number of benzene rings is 1. The van der Waals surface area contributed by atoms with Crippen molar-refractivity contribution in [3.05, 3.63) is 23.9 Å². The van der Waals surface area contributed by atoms with Gasteiger partial charge in [-0.1, -0.05) is 13.3 Å². The van der Waals surface area contributed by atoms with E-state index in [0.29, 0.717) is 48.8 Å². The molecule has 2 aromatic rings. The van der Waals surface area contributed by atoms with E-state index in [4.69, 9.17) is 14.2 Å². The number of alkyl halides is 2. The van der Waals surface area contributed by atoms with Crippen LogP contribution in [-0.4, -0.2) is 77.8 Å². The van der Waals surface area contributed by atoms with E-state index in [1.807, 2.05) is 6.92 Å². The average Bonchev–Trinajstić information content (AvgIpc) is 3.57. The number of hydrogen-bond donors (Lipinski definition) is 1. The number of halogens is 2. The van der Waals surface area contributed by atoms with E-state index >= 15 is 8.78 Å². The number of aldehydes is 1. The van der Waals surface area contributed by atoms with Crippen LogP contribution in [0, 0.1) is 11.8 Å². The first-order valence-electron chi connectivity index (χ1n) is 14.3. The van der Waals surface area contributed by atoms with Crippen LogP contribution >= 0.6 is 0 Å². The van der Waals surface area contributed by atoms with Gasteiger partial charge in [-0.05, 0) is 56.6 Å². The second-order valence-corrected chi connectivity index (χ2v) is 11.0. The van der Waals surface area contributed by atoms with Gasteiger partial charge in [0.15, 0.2) is 6.17 Å². The van der Waals surface area contributed by atoms with Gasteiger partial charge in [0.05, 0.1) is 30.7 Å². The highest BCUT2D eigenvalue weighted by molar-refractivity contribution is 5.85. The van der Waals surface area contributed by atoms with Gasteiger partial charge in [0.1, 0.15) is 42.7 Å². The number of aromatic nitrogens is 2. The molecule has 1 saturated heterocycles. The highest BCUT2D eigenvalue weighted by Gasteiger charge is 2.45. The maximum Gasteiger partial charge on any atom is 0.407 e. The summed E-state index contributed by atoms with van der Waals surface area (Å²) >= 11 is 0. The van der Waals surface area contributed by atoms with Crippen LogP contribution in [0.3, 0.4) is 0 Å². The molecule has 12 heteroatoms. The van der Waals surface area contributed by atoms with Crippen molar-refractivity contribution >= 4 is 29.3 Å². The first-order valence-corrected chi connectivity index (χ1v) is 14.3. The molecule has 10 nitrogen and oxygen atoms in total. The third-order valence-corrected chi connectivity index (χ3v) is 8.58. The highest BCUT2D eigenvalue weighted by atomic mass is 19.2. The third-order valence-electron chi connectivity index (χ3n) is 8.58. The SMILES string of the molecule is CCC1[C@@H]2CN(C(=O)CNC(=O)O[C@@H]3CCC[C@H]3CCCC(F)C(F)c3nc4ccc(OC)cc4nc3O2)[C@@H]1C=O. The van der Waals surface area contributed by atoms with Crippen LogP contribution in [0.1, 0.15) is 63.7 Å². The van der Waals surface area contributed by atoms with Crippen LogP contribution in [0.2, 0.25) is 0 Å². The molecule has 0 spiro atoms. The molecule has 3 unspecified atom stereocenters. The lowest BCUT2D eigenvalue weighted by molar-refractivity contribution is -0.134. The number of carbonyl (C=O) groups excluding carboxylic acids is 3. The predicted molar refractivity (Wildman–Crippen MR) is 144 cm³/mol. The number of amides is 2. The second kappa shape index (κ2) is 12.5. The van der Waals surface area contributed by atoms with Gasteiger partial charge in [0.2, 0.25) is 11.8 Å². The Morgan fingerprint density at radius 1 is 1.07 bits per heavy atom. The molecule has 3 aliphatic rings. The lowest BCUT2D eigenvalue weighted by atomic mass is 9.95. The maximum atomic E-state index is 15.8. The van der Waals surface area contributed by atoms with Crippen LogP contribution in [0.15, 0.2) is 18.2 Å². The van der Waals surface area contributed by atoms with Gasteiger partial charge in [0.25, 0.3) is 0 Å². The number of nitrogens with zero attached hydrogens (tertiary/aromatic N) is 3. The number of nitrogens with one attached hydrogen (secondary N) is 1. The first-order chi connectivity index (χ1) is 19.8. The van der Waals surface area contributed by atoms with Crippen molar-refractivity contribution in [2.24, 2.45) is 11.8 Å². The molecular formula is C29H36F2N4O6. The summed E-state index contributed by atoms with van der Waals surface area (Å²) in [5.41, 5.74) is 0.467. The Balaban J connectivity index is 1.52. The minimum atomic E-state index is -2.11. The van der Waals surface area contributed by atoms with Crippen LogP contribution in [0.4, 0.5) is 13.6 Å². The normalized spacial score (nSPS) is 31.2. The summed E-state index contributed by atoms with van der Waals surface area (Å²) < 4.78 is 48.3.